The first kappa shape index (κ1) is 21.8. The lowest BCUT2D eigenvalue weighted by molar-refractivity contribution is 0.0297. The number of hydrogen-bond acceptors (Lipinski definition) is 5. The molecule has 1 aliphatic carbocycles. The van der Waals surface area contributed by atoms with Gasteiger partial charge in [0, 0.05) is 18.8 Å². The third kappa shape index (κ3) is 4.69. The van der Waals surface area contributed by atoms with E-state index in [2.05, 4.69) is 55.1 Å². The van der Waals surface area contributed by atoms with Crippen LogP contribution in [0.4, 0.5) is 0 Å². The first-order valence-electron chi connectivity index (χ1n) is 12.0. The van der Waals surface area contributed by atoms with Gasteiger partial charge in [-0.2, -0.15) is 10.2 Å². The van der Waals surface area contributed by atoms with Gasteiger partial charge in [-0.1, -0.05) is 52.2 Å². The van der Waals surface area contributed by atoms with Crippen molar-refractivity contribution in [2.45, 2.75) is 70.8 Å². The monoisotopic (exact) mass is 444 g/mol. The molecule has 33 heavy (non-hydrogen) atoms. The van der Waals surface area contributed by atoms with Crippen molar-refractivity contribution in [1.82, 2.24) is 29.4 Å². The van der Waals surface area contributed by atoms with Crippen molar-refractivity contribution in [3.8, 4) is 17.1 Å². The average Bonchev–Trinajstić information content (AvgIpc) is 3.43. The summed E-state index contributed by atoms with van der Waals surface area (Å²) in [6.45, 7) is 7.31. The molecule has 1 aliphatic rings. The predicted molar refractivity (Wildman–Crippen MR) is 129 cm³/mol. The van der Waals surface area contributed by atoms with Crippen molar-refractivity contribution in [2.24, 2.45) is 0 Å². The second-order valence-corrected chi connectivity index (χ2v) is 9.91. The zero-order valence-electron chi connectivity index (χ0n) is 19.7. The summed E-state index contributed by atoms with van der Waals surface area (Å²) in [5.74, 6) is 1.55. The predicted octanol–water partition coefficient (Wildman–Crippen LogP) is 5.17. The first-order chi connectivity index (χ1) is 16.0. The lowest BCUT2D eigenvalue weighted by atomic mass is 9.87. The highest BCUT2D eigenvalue weighted by Crippen LogP contribution is 2.28. The summed E-state index contributed by atoms with van der Waals surface area (Å²) in [7, 11) is 0. The molecule has 0 saturated heterocycles. The maximum atomic E-state index is 6.14. The van der Waals surface area contributed by atoms with Gasteiger partial charge in [0.05, 0.1) is 41.9 Å². The van der Waals surface area contributed by atoms with Gasteiger partial charge in [-0.05, 0) is 36.0 Å². The quantitative estimate of drug-likeness (QED) is 0.410. The Hall–Kier alpha value is -3.06. The molecule has 172 valence electrons. The maximum absolute atomic E-state index is 6.14. The van der Waals surface area contributed by atoms with E-state index in [0.717, 1.165) is 28.4 Å². The topological polar surface area (TPSA) is 70.1 Å². The molecule has 3 aromatic heterocycles. The van der Waals surface area contributed by atoms with Crippen LogP contribution in [-0.2, 0) is 16.6 Å². The molecule has 0 bridgehead atoms. The molecule has 0 aliphatic heterocycles. The molecule has 0 unspecified atom stereocenters. The van der Waals surface area contributed by atoms with Gasteiger partial charge >= 0.3 is 0 Å². The van der Waals surface area contributed by atoms with E-state index in [0.29, 0.717) is 19.1 Å². The highest BCUT2D eigenvalue weighted by molar-refractivity contribution is 5.76. The van der Waals surface area contributed by atoms with Gasteiger partial charge in [0.25, 0.3) is 0 Å². The van der Waals surface area contributed by atoms with E-state index in [1.165, 1.54) is 37.7 Å². The molecule has 1 saturated carbocycles. The van der Waals surface area contributed by atoms with E-state index < -0.39 is 0 Å². The van der Waals surface area contributed by atoms with Crippen LogP contribution in [-0.4, -0.2) is 42.1 Å². The third-order valence-corrected chi connectivity index (χ3v) is 6.43. The Morgan fingerprint density at radius 2 is 1.82 bits per heavy atom. The Morgan fingerprint density at radius 3 is 2.58 bits per heavy atom. The zero-order valence-corrected chi connectivity index (χ0v) is 19.7. The zero-order chi connectivity index (χ0) is 22.8. The van der Waals surface area contributed by atoms with Crippen LogP contribution in [0.1, 0.15) is 64.3 Å². The molecule has 0 amide bonds. The molecule has 0 spiro atoms. The minimum absolute atomic E-state index is 0.0967. The Morgan fingerprint density at radius 1 is 1.03 bits per heavy atom. The first-order valence-corrected chi connectivity index (χ1v) is 12.0. The Kier molecular flexibility index (Phi) is 5.98. The van der Waals surface area contributed by atoms with Gasteiger partial charge in [0.15, 0.2) is 11.6 Å². The molecular formula is C26H32N6O. The van der Waals surface area contributed by atoms with Gasteiger partial charge in [0.2, 0.25) is 0 Å². The number of ether oxygens (including phenoxy) is 1. The summed E-state index contributed by atoms with van der Waals surface area (Å²) in [6, 6.07) is 8.57. The van der Waals surface area contributed by atoms with Crippen molar-refractivity contribution in [3.05, 3.63) is 60.4 Å². The van der Waals surface area contributed by atoms with Crippen molar-refractivity contribution in [1.29, 1.82) is 0 Å². The smallest absolute Gasteiger partial charge is 0.167 e. The minimum atomic E-state index is 0.0967. The van der Waals surface area contributed by atoms with Crippen LogP contribution in [0.25, 0.3) is 22.6 Å². The van der Waals surface area contributed by atoms with Gasteiger partial charge in [0.1, 0.15) is 0 Å². The minimum Gasteiger partial charge on any atom is -0.378 e. The van der Waals surface area contributed by atoms with Crippen molar-refractivity contribution in [3.63, 3.8) is 0 Å². The van der Waals surface area contributed by atoms with Crippen LogP contribution in [0.2, 0.25) is 0 Å². The van der Waals surface area contributed by atoms with E-state index in [9.17, 15) is 0 Å². The third-order valence-electron chi connectivity index (χ3n) is 6.43. The normalized spacial score (nSPS) is 15.4. The fourth-order valence-electron chi connectivity index (χ4n) is 4.47. The van der Waals surface area contributed by atoms with Crippen molar-refractivity contribution in [2.75, 3.05) is 6.61 Å². The number of rotatable bonds is 6. The van der Waals surface area contributed by atoms with Gasteiger partial charge in [-0.15, -0.1) is 0 Å². The number of fused-ring (bicyclic) bond motifs is 1. The van der Waals surface area contributed by atoms with E-state index in [-0.39, 0.29) is 5.41 Å². The number of hydrogen-bond donors (Lipinski definition) is 0. The fourth-order valence-corrected chi connectivity index (χ4v) is 4.47. The molecule has 7 heteroatoms. The van der Waals surface area contributed by atoms with Crippen LogP contribution in [0.3, 0.4) is 0 Å². The highest BCUT2D eigenvalue weighted by atomic mass is 16.5. The van der Waals surface area contributed by atoms with Crippen molar-refractivity contribution < 1.29 is 4.74 Å². The summed E-state index contributed by atoms with van der Waals surface area (Å²) in [6.07, 6.45) is 14.5. The molecule has 1 fully saturated rings. The lowest BCUT2D eigenvalue weighted by Crippen LogP contribution is -2.18. The Labute approximate surface area is 194 Å². The van der Waals surface area contributed by atoms with Crippen LogP contribution < -0.4 is 0 Å². The van der Waals surface area contributed by atoms with Crippen LogP contribution in [0.15, 0.2) is 49.1 Å². The lowest BCUT2D eigenvalue weighted by Gasteiger charge is -2.21. The molecule has 0 N–H and O–H groups in total. The van der Waals surface area contributed by atoms with Gasteiger partial charge in [-0.25, -0.2) is 14.2 Å². The number of nitrogens with zero attached hydrogens (tertiary/aromatic N) is 6. The molecule has 4 aromatic rings. The van der Waals surface area contributed by atoms with Crippen LogP contribution >= 0.6 is 0 Å². The standard InChI is InChI=1S/C26H32N6O/c1-26(2,3)19-9-11-20(12-10-19)32-25(22-17-28-31-15-14-27-18-23(22)31)29-24(30-32)13-16-33-21-7-5-4-6-8-21/h9-12,14-15,17-18,21H,4-8,13,16H2,1-3H3. The fraction of sp³-hybridized carbons (Fsp3) is 0.462. The van der Waals surface area contributed by atoms with Gasteiger partial charge in [-0.3, -0.25) is 4.98 Å². The number of benzene rings is 1. The second kappa shape index (κ2) is 9.06. The molecule has 3 heterocycles. The number of aromatic nitrogens is 6. The molecular weight excluding hydrogens is 412 g/mol. The Bertz CT molecular complexity index is 1210. The summed E-state index contributed by atoms with van der Waals surface area (Å²) < 4.78 is 9.88. The largest absolute Gasteiger partial charge is 0.378 e. The van der Waals surface area contributed by atoms with E-state index >= 15 is 0 Å². The van der Waals surface area contributed by atoms with E-state index in [1.54, 1.807) is 6.20 Å². The molecule has 0 radical (unpaired) electrons. The van der Waals surface area contributed by atoms with Crippen LogP contribution in [0, 0.1) is 0 Å². The summed E-state index contributed by atoms with van der Waals surface area (Å²) in [5, 5.41) is 9.37. The summed E-state index contributed by atoms with van der Waals surface area (Å²) in [4.78, 5) is 9.21. The van der Waals surface area contributed by atoms with Gasteiger partial charge < -0.3 is 4.74 Å². The maximum Gasteiger partial charge on any atom is 0.167 e. The van der Waals surface area contributed by atoms with Crippen molar-refractivity contribution >= 4 is 5.52 Å². The highest BCUT2D eigenvalue weighted by Gasteiger charge is 2.20. The second-order valence-electron chi connectivity index (χ2n) is 9.91. The average molecular weight is 445 g/mol. The Balaban J connectivity index is 1.46. The van der Waals surface area contributed by atoms with E-state index in [4.69, 9.17) is 14.8 Å². The molecule has 7 nitrogen and oxygen atoms in total. The summed E-state index contributed by atoms with van der Waals surface area (Å²) >= 11 is 0. The van der Waals surface area contributed by atoms with E-state index in [1.807, 2.05) is 27.8 Å². The molecule has 0 atom stereocenters. The summed E-state index contributed by atoms with van der Waals surface area (Å²) in [5.41, 5.74) is 4.18. The van der Waals surface area contributed by atoms with Crippen LogP contribution in [0.5, 0.6) is 0 Å². The SMILES string of the molecule is CC(C)(C)c1ccc(-n2nc(CCOC3CCCCC3)nc2-c2cnn3ccncc23)cc1. The molecule has 5 rings (SSSR count). The molecule has 1 aromatic carbocycles.